The molecule has 29 heteroatoms. The average Bonchev–Trinajstić information content (AvgIpc) is 1.39. The van der Waals surface area contributed by atoms with Crippen molar-refractivity contribution in [3.8, 4) is 0 Å². The van der Waals surface area contributed by atoms with Gasteiger partial charge in [-0.2, -0.15) is 0 Å². The number of unbranched alkanes of at least 4 members (excludes halogenated alkanes) is 2. The van der Waals surface area contributed by atoms with Gasteiger partial charge >= 0.3 is 47.8 Å². The van der Waals surface area contributed by atoms with Gasteiger partial charge in [0.25, 0.3) is 0 Å². The first kappa shape index (κ1) is 83.4. The largest absolute Gasteiger partial charge is 0.481 e. The van der Waals surface area contributed by atoms with E-state index in [9.17, 15) is 68.1 Å². The fourth-order valence-electron chi connectivity index (χ4n) is 10.3. The van der Waals surface area contributed by atoms with Crippen molar-refractivity contribution in [2.75, 3.05) is 39.3 Å². The highest BCUT2D eigenvalue weighted by Gasteiger charge is 2.54. The molecule has 0 saturated carbocycles. The topological polar surface area (TPSA) is 393 Å². The van der Waals surface area contributed by atoms with Gasteiger partial charge in [-0.15, -0.1) is 0 Å². The first-order chi connectivity index (χ1) is 43.1. The molecule has 2 rings (SSSR count). The van der Waals surface area contributed by atoms with Crippen molar-refractivity contribution in [2.24, 2.45) is 22.0 Å². The summed E-state index contributed by atoms with van der Waals surface area (Å²) >= 11 is 0. The number of carbonyl (C=O) groups excluding carboxylic acids is 8. The van der Waals surface area contributed by atoms with Gasteiger partial charge in [-0.25, -0.2) is 24.4 Å². The first-order valence-corrected chi connectivity index (χ1v) is 32.1. The van der Waals surface area contributed by atoms with Crippen molar-refractivity contribution < 1.29 is 87.0 Å². The van der Waals surface area contributed by atoms with Crippen molar-refractivity contribution in [1.29, 1.82) is 0 Å². The van der Waals surface area contributed by atoms with Gasteiger partial charge in [0.2, 0.25) is 17.7 Å². The van der Waals surface area contributed by atoms with E-state index in [1.54, 1.807) is 125 Å². The quantitative estimate of drug-likeness (QED) is 0.0232. The van der Waals surface area contributed by atoms with Crippen LogP contribution in [0, 0.1) is 16.2 Å². The number of ether oxygens (including phenoxy) is 4. The lowest BCUT2D eigenvalue weighted by Gasteiger charge is -2.45. The minimum Gasteiger partial charge on any atom is -0.481 e. The first-order valence-electron chi connectivity index (χ1n) is 32.1. The van der Waals surface area contributed by atoms with Crippen LogP contribution in [-0.2, 0) is 93.1 Å². The van der Waals surface area contributed by atoms with Crippen molar-refractivity contribution >= 4 is 65.5 Å². The maximum absolute atomic E-state index is 14.4. The highest BCUT2D eigenvalue weighted by atomic mass is 16.6. The summed E-state index contributed by atoms with van der Waals surface area (Å²) in [7, 11) is 0. The number of imidazole rings is 2. The lowest BCUT2D eigenvalue weighted by Crippen LogP contribution is -2.69. The zero-order chi connectivity index (χ0) is 73.3. The van der Waals surface area contributed by atoms with E-state index in [-0.39, 0.29) is 65.0 Å². The predicted molar refractivity (Wildman–Crippen MR) is 350 cm³/mol. The molecule has 0 aliphatic heterocycles. The third-order valence-corrected chi connectivity index (χ3v) is 15.6. The molecule has 3 atom stereocenters. The fourth-order valence-corrected chi connectivity index (χ4v) is 10.3. The molecule has 0 fully saturated rings. The van der Waals surface area contributed by atoms with Crippen molar-refractivity contribution in [3.05, 3.63) is 36.4 Å². The number of nitrogens with zero attached hydrogens (tertiary/aromatic N) is 7. The number of amides is 5. The van der Waals surface area contributed by atoms with Crippen LogP contribution in [0.4, 0.5) is 4.79 Å². The number of aromatic nitrogens is 4. The van der Waals surface area contributed by atoms with E-state index < -0.39 is 160 Å². The Kier molecular flexibility index (Phi) is 29.2. The van der Waals surface area contributed by atoms with Crippen LogP contribution >= 0.6 is 0 Å². The average molecular weight is 1350 g/mol. The lowest BCUT2D eigenvalue weighted by atomic mass is 9.69. The number of aliphatic carboxylic acids is 3. The molecule has 0 aliphatic carbocycles. The van der Waals surface area contributed by atoms with E-state index in [0.29, 0.717) is 24.5 Å². The molecule has 0 saturated heterocycles. The number of carboxylic acids is 3. The number of carboxylic acid groups (broad SMARTS) is 3. The molecule has 0 bridgehead atoms. The van der Waals surface area contributed by atoms with Crippen LogP contribution in [0.3, 0.4) is 0 Å². The summed E-state index contributed by atoms with van der Waals surface area (Å²) in [6.07, 6.45) is 6.21. The Morgan fingerprint density at radius 2 is 0.832 bits per heavy atom. The van der Waals surface area contributed by atoms with Gasteiger partial charge in [-0.05, 0) is 151 Å². The van der Waals surface area contributed by atoms with Crippen LogP contribution in [0.5, 0.6) is 0 Å². The van der Waals surface area contributed by atoms with Crippen LogP contribution in [0.25, 0.3) is 0 Å². The zero-order valence-electron chi connectivity index (χ0n) is 60.2. The second-order valence-corrected chi connectivity index (χ2v) is 31.3. The van der Waals surface area contributed by atoms with Crippen LogP contribution in [0.15, 0.2) is 24.8 Å². The molecule has 2 aromatic rings. The number of urea groups is 1. The van der Waals surface area contributed by atoms with Gasteiger partial charge in [-0.3, -0.25) is 43.3 Å². The van der Waals surface area contributed by atoms with Crippen LogP contribution < -0.4 is 21.7 Å². The van der Waals surface area contributed by atoms with Crippen molar-refractivity contribution in [3.63, 3.8) is 0 Å². The van der Waals surface area contributed by atoms with Crippen LogP contribution in [-0.4, -0.2) is 193 Å². The number of carbonyl (C=O) groups is 11. The second kappa shape index (κ2) is 33.3. The summed E-state index contributed by atoms with van der Waals surface area (Å²) in [6, 6.07) is -1.12. The molecule has 538 valence electrons. The Bertz CT molecular complexity index is 2820. The minimum atomic E-state index is -2.10. The fraction of sp³-hybridized carbons (Fsp3) is 0.742. The SMILES string of the molecule is CC(C)(C)OC(=O)CN(CC(=O)OC(C)(C)C)C(=O)Cn1ccnc1CN(CCCCC(N)(C(=O)NCCCCC(NC(=O)NC(CCC(=O)O)(C(=O)O)C(C)(C)C)(C(=O)O)C(C)(C)C)C(C)(C)C)Cc1nccn1CC(=O)N(CC(=O)OC(C)(C)C)CC(=O)OC(C)(C)C. The van der Waals surface area contributed by atoms with Gasteiger partial charge in [0.15, 0.2) is 0 Å². The third kappa shape index (κ3) is 27.2. The predicted octanol–water partition coefficient (Wildman–Crippen LogP) is 6.21. The van der Waals surface area contributed by atoms with Gasteiger partial charge in [-0.1, -0.05) is 62.3 Å². The molecule has 0 spiro atoms. The zero-order valence-corrected chi connectivity index (χ0v) is 60.2. The number of nitrogens with one attached hydrogen (secondary N) is 3. The molecular formula is C66H111N11O18. The molecule has 29 nitrogen and oxygen atoms in total. The van der Waals surface area contributed by atoms with Gasteiger partial charge < -0.3 is 74.9 Å². The monoisotopic (exact) mass is 1350 g/mol. The van der Waals surface area contributed by atoms with Crippen LogP contribution in [0.2, 0.25) is 0 Å². The normalized spacial score (nSPS) is 14.4. The summed E-state index contributed by atoms with van der Waals surface area (Å²) in [5.74, 6) is -8.16. The lowest BCUT2D eigenvalue weighted by molar-refractivity contribution is -0.165. The highest BCUT2D eigenvalue weighted by molar-refractivity contribution is 5.92. The van der Waals surface area contributed by atoms with Crippen LogP contribution in [0.1, 0.15) is 208 Å². The third-order valence-electron chi connectivity index (χ3n) is 15.6. The molecule has 5 amide bonds. The molecule has 3 unspecified atom stereocenters. The van der Waals surface area contributed by atoms with E-state index in [0.717, 1.165) is 9.80 Å². The Labute approximate surface area is 560 Å². The number of hydrogen-bond donors (Lipinski definition) is 7. The summed E-state index contributed by atoms with van der Waals surface area (Å²) in [5.41, 5.74) is -5.21. The molecular weight excluding hydrogens is 1230 g/mol. The Morgan fingerprint density at radius 1 is 0.484 bits per heavy atom. The summed E-state index contributed by atoms with van der Waals surface area (Å²) in [6.45, 7) is 32.4. The standard InChI is InChI=1S/C66H111N11O18/c1-57(2,3)64(67,53(86)70-30-24-22-28-65(54(87)88,58(4,5)6)71-56(91)72-66(55(89)90,59(7,8)9)29-26-48(80)81)27-23-25-33-73(36-44-68-31-34-74(44)38-46(78)76(40-49(82)92-60(10,11)12)41-50(83)93-61(13,14)15)37-45-69-32-35-75(45)39-47(79)77(42-51(84)94-62(16,17)18)43-52(85)95-63(19,20)21/h31-32,34-35H,22-30,33,36-43,67H2,1-21H3,(H,70,86)(H,80,81)(H,87,88)(H,89,90)(H2,71,72,91). The van der Waals surface area contributed by atoms with E-state index in [4.69, 9.17) is 24.7 Å². The van der Waals surface area contributed by atoms with Crippen molar-refractivity contribution in [1.82, 2.24) is 49.8 Å². The van der Waals surface area contributed by atoms with E-state index in [2.05, 4.69) is 25.9 Å². The summed E-state index contributed by atoms with van der Waals surface area (Å²) in [4.78, 5) is 160. The molecule has 2 heterocycles. The molecule has 0 aliphatic rings. The minimum absolute atomic E-state index is 0.0544. The van der Waals surface area contributed by atoms with E-state index in [1.165, 1.54) is 33.2 Å². The molecule has 0 aromatic carbocycles. The van der Waals surface area contributed by atoms with Gasteiger partial charge in [0.05, 0.1) is 13.1 Å². The van der Waals surface area contributed by atoms with E-state index in [1.807, 2.05) is 25.7 Å². The van der Waals surface area contributed by atoms with Gasteiger partial charge in [0, 0.05) is 37.8 Å². The van der Waals surface area contributed by atoms with Crippen molar-refractivity contribution in [2.45, 2.75) is 262 Å². The number of nitrogens with two attached hydrogens (primary N) is 1. The maximum atomic E-state index is 14.4. The summed E-state index contributed by atoms with van der Waals surface area (Å²) < 4.78 is 25.1. The van der Waals surface area contributed by atoms with E-state index >= 15 is 0 Å². The second-order valence-electron chi connectivity index (χ2n) is 31.3. The number of hydrogen-bond acceptors (Lipinski definition) is 19. The molecule has 8 N–H and O–H groups in total. The Morgan fingerprint density at radius 3 is 1.15 bits per heavy atom. The highest BCUT2D eigenvalue weighted by Crippen LogP contribution is 2.38. The Balaban J connectivity index is 2.54. The Hall–Kier alpha value is -7.69. The summed E-state index contributed by atoms with van der Waals surface area (Å²) in [5, 5.41) is 38.5. The molecule has 2 aromatic heterocycles. The number of esters is 4. The smallest absolute Gasteiger partial charge is 0.330 e. The molecule has 95 heavy (non-hydrogen) atoms. The maximum Gasteiger partial charge on any atom is 0.330 e. The number of rotatable bonds is 34. The van der Waals surface area contributed by atoms with Gasteiger partial charge in [0.1, 0.15) is 89.9 Å². The molecule has 0 radical (unpaired) electrons.